The molecule has 2 fully saturated rings. The summed E-state index contributed by atoms with van der Waals surface area (Å²) in [5.41, 5.74) is 1.17. The molecule has 0 unspecified atom stereocenters. The molecule has 0 aliphatic carbocycles. The van der Waals surface area contributed by atoms with Gasteiger partial charge in [0.25, 0.3) is 0 Å². The van der Waals surface area contributed by atoms with Gasteiger partial charge in [-0.05, 0) is 51.0 Å². The second kappa shape index (κ2) is 7.27. The largest absolute Gasteiger partial charge is 0.378 e. The molecule has 0 saturated carbocycles. The van der Waals surface area contributed by atoms with Crippen LogP contribution in [0.25, 0.3) is 0 Å². The summed E-state index contributed by atoms with van der Waals surface area (Å²) in [4.78, 5) is 14.7. The van der Waals surface area contributed by atoms with E-state index in [2.05, 4.69) is 23.1 Å². The van der Waals surface area contributed by atoms with Gasteiger partial charge in [-0.1, -0.05) is 0 Å². The number of piperidine rings is 1. The lowest BCUT2D eigenvalue weighted by Crippen LogP contribution is -2.46. The Balaban J connectivity index is 1.55. The fraction of sp³-hybridized carbons (Fsp3) is 0.765. The van der Waals surface area contributed by atoms with Crippen LogP contribution in [0.4, 0.5) is 0 Å². The third-order valence-electron chi connectivity index (χ3n) is 4.81. The highest BCUT2D eigenvalue weighted by Crippen LogP contribution is 2.22. The van der Waals surface area contributed by atoms with Crippen LogP contribution in [0.3, 0.4) is 0 Å². The quantitative estimate of drug-likeness (QED) is 0.840. The fourth-order valence-electron chi connectivity index (χ4n) is 3.60. The van der Waals surface area contributed by atoms with E-state index in [1.807, 2.05) is 10.9 Å². The van der Waals surface area contributed by atoms with E-state index in [9.17, 15) is 4.79 Å². The van der Waals surface area contributed by atoms with Crippen LogP contribution in [-0.2, 0) is 16.1 Å². The minimum Gasteiger partial charge on any atom is -0.378 e. The number of rotatable bonds is 5. The number of aryl methyl sites for hydroxylation is 1. The zero-order valence-corrected chi connectivity index (χ0v) is 13.5. The van der Waals surface area contributed by atoms with E-state index in [0.29, 0.717) is 24.5 Å². The molecule has 122 valence electrons. The minimum absolute atomic E-state index is 0.295. The highest BCUT2D eigenvalue weighted by Gasteiger charge is 2.28. The van der Waals surface area contributed by atoms with E-state index in [-0.39, 0.29) is 0 Å². The number of likely N-dealkylation sites (tertiary alicyclic amines) is 1. The lowest BCUT2D eigenvalue weighted by Gasteiger charge is -2.36. The molecular weight excluding hydrogens is 278 g/mol. The van der Waals surface area contributed by atoms with Gasteiger partial charge in [0.15, 0.2) is 0 Å². The van der Waals surface area contributed by atoms with Crippen LogP contribution in [0.15, 0.2) is 12.4 Å². The van der Waals surface area contributed by atoms with Crippen LogP contribution in [0.5, 0.6) is 0 Å². The van der Waals surface area contributed by atoms with Gasteiger partial charge in [-0.15, -0.1) is 0 Å². The number of carbonyl (C=O) groups is 1. The molecular formula is C17H27N3O2. The maximum absolute atomic E-state index is 12.6. The molecule has 0 aromatic carbocycles. The van der Waals surface area contributed by atoms with E-state index in [1.54, 1.807) is 0 Å². The Morgan fingerprint density at radius 3 is 3.00 bits per heavy atom. The lowest BCUT2D eigenvalue weighted by atomic mass is 10.0. The van der Waals surface area contributed by atoms with Crippen molar-refractivity contribution in [2.45, 2.75) is 70.6 Å². The van der Waals surface area contributed by atoms with Crippen molar-refractivity contribution in [2.24, 2.45) is 0 Å². The monoisotopic (exact) mass is 305 g/mol. The summed E-state index contributed by atoms with van der Waals surface area (Å²) in [5.74, 6) is 0.295. The van der Waals surface area contributed by atoms with Crippen molar-refractivity contribution in [3.63, 3.8) is 0 Å². The maximum atomic E-state index is 12.6. The third kappa shape index (κ3) is 3.88. The highest BCUT2D eigenvalue weighted by molar-refractivity contribution is 5.76. The standard InChI is InChI=1S/C17H27N3O2/c1-14-11-18-19(12-14)13-15-5-2-3-9-20(15)17(21)8-7-16-6-4-10-22-16/h11-12,15-16H,2-10,13H2,1H3/t15-,16-/m0/s1. The highest BCUT2D eigenvalue weighted by atomic mass is 16.5. The van der Waals surface area contributed by atoms with Crippen molar-refractivity contribution >= 4 is 5.91 Å². The van der Waals surface area contributed by atoms with Crippen LogP contribution < -0.4 is 0 Å². The molecule has 2 aliphatic rings. The Morgan fingerprint density at radius 2 is 2.27 bits per heavy atom. The zero-order chi connectivity index (χ0) is 15.4. The van der Waals surface area contributed by atoms with Crippen LogP contribution in [0, 0.1) is 6.92 Å². The van der Waals surface area contributed by atoms with Crippen molar-refractivity contribution in [1.29, 1.82) is 0 Å². The summed E-state index contributed by atoms with van der Waals surface area (Å²) in [6, 6.07) is 0.296. The molecule has 2 saturated heterocycles. The topological polar surface area (TPSA) is 47.4 Å². The van der Waals surface area contributed by atoms with Crippen LogP contribution >= 0.6 is 0 Å². The Labute approximate surface area is 132 Å². The van der Waals surface area contributed by atoms with Gasteiger partial charge < -0.3 is 9.64 Å². The van der Waals surface area contributed by atoms with Gasteiger partial charge in [0.1, 0.15) is 0 Å². The van der Waals surface area contributed by atoms with Gasteiger partial charge in [-0.25, -0.2) is 0 Å². The van der Waals surface area contributed by atoms with Crippen molar-refractivity contribution in [2.75, 3.05) is 13.2 Å². The smallest absolute Gasteiger partial charge is 0.222 e. The number of nitrogens with zero attached hydrogens (tertiary/aromatic N) is 3. The average Bonchev–Trinajstić information content (AvgIpc) is 3.17. The first-order valence-electron chi connectivity index (χ1n) is 8.62. The first-order valence-corrected chi connectivity index (χ1v) is 8.62. The first kappa shape index (κ1) is 15.5. The SMILES string of the molecule is Cc1cnn(C[C@@H]2CCCCN2C(=O)CC[C@@H]2CCCO2)c1. The summed E-state index contributed by atoms with van der Waals surface area (Å²) in [6.45, 7) is 4.63. The third-order valence-corrected chi connectivity index (χ3v) is 4.81. The second-order valence-electron chi connectivity index (χ2n) is 6.65. The Hall–Kier alpha value is -1.36. The van der Waals surface area contributed by atoms with Gasteiger partial charge in [-0.3, -0.25) is 9.48 Å². The predicted octanol–water partition coefficient (Wildman–Crippen LogP) is 2.53. The molecule has 1 aromatic heterocycles. The maximum Gasteiger partial charge on any atom is 0.222 e. The normalized spacial score (nSPS) is 25.6. The molecule has 1 amide bonds. The number of hydrogen-bond acceptors (Lipinski definition) is 3. The summed E-state index contributed by atoms with van der Waals surface area (Å²) in [7, 11) is 0. The number of carbonyl (C=O) groups excluding carboxylic acids is 1. The predicted molar refractivity (Wildman–Crippen MR) is 84.5 cm³/mol. The molecule has 3 heterocycles. The molecule has 1 aromatic rings. The van der Waals surface area contributed by atoms with Gasteiger partial charge in [0.05, 0.1) is 24.9 Å². The molecule has 0 bridgehead atoms. The van der Waals surface area contributed by atoms with Gasteiger partial charge >= 0.3 is 0 Å². The van der Waals surface area contributed by atoms with Crippen LogP contribution in [0.1, 0.15) is 50.5 Å². The molecule has 2 aliphatic heterocycles. The number of amides is 1. The number of hydrogen-bond donors (Lipinski definition) is 0. The van der Waals surface area contributed by atoms with Crippen molar-refractivity contribution in [3.8, 4) is 0 Å². The molecule has 5 heteroatoms. The minimum atomic E-state index is 0.295. The Kier molecular flexibility index (Phi) is 5.13. The van der Waals surface area contributed by atoms with Crippen molar-refractivity contribution in [1.82, 2.24) is 14.7 Å². The van der Waals surface area contributed by atoms with E-state index in [4.69, 9.17) is 4.74 Å². The number of ether oxygens (including phenoxy) is 1. The Morgan fingerprint density at radius 1 is 1.36 bits per heavy atom. The molecule has 2 atom stereocenters. The van der Waals surface area contributed by atoms with Gasteiger partial charge in [-0.2, -0.15) is 5.10 Å². The Bertz CT molecular complexity index is 494. The molecule has 0 N–H and O–H groups in total. The average molecular weight is 305 g/mol. The summed E-state index contributed by atoms with van der Waals surface area (Å²) >= 11 is 0. The molecule has 3 rings (SSSR count). The fourth-order valence-corrected chi connectivity index (χ4v) is 3.60. The van der Waals surface area contributed by atoms with Crippen LogP contribution in [0.2, 0.25) is 0 Å². The summed E-state index contributed by atoms with van der Waals surface area (Å²) < 4.78 is 7.61. The van der Waals surface area contributed by atoms with Gasteiger partial charge in [0, 0.05) is 25.8 Å². The van der Waals surface area contributed by atoms with Crippen molar-refractivity contribution in [3.05, 3.63) is 18.0 Å². The van der Waals surface area contributed by atoms with Gasteiger partial charge in [0.2, 0.25) is 5.91 Å². The molecule has 0 radical (unpaired) electrons. The van der Waals surface area contributed by atoms with E-state index in [1.165, 1.54) is 12.0 Å². The lowest BCUT2D eigenvalue weighted by molar-refractivity contribution is -0.135. The molecule has 0 spiro atoms. The summed E-state index contributed by atoms with van der Waals surface area (Å²) in [5, 5.41) is 4.37. The zero-order valence-electron chi connectivity index (χ0n) is 13.5. The first-order chi connectivity index (χ1) is 10.7. The second-order valence-corrected chi connectivity index (χ2v) is 6.65. The van der Waals surface area contributed by atoms with E-state index >= 15 is 0 Å². The summed E-state index contributed by atoms with van der Waals surface area (Å²) in [6.07, 6.45) is 11.4. The number of aromatic nitrogens is 2. The van der Waals surface area contributed by atoms with Crippen LogP contribution in [-0.4, -0.2) is 45.9 Å². The van der Waals surface area contributed by atoms with E-state index < -0.39 is 0 Å². The molecule has 5 nitrogen and oxygen atoms in total. The van der Waals surface area contributed by atoms with Crippen molar-refractivity contribution < 1.29 is 9.53 Å². The molecule has 22 heavy (non-hydrogen) atoms. The van der Waals surface area contributed by atoms with E-state index in [0.717, 1.165) is 51.8 Å².